The van der Waals surface area contributed by atoms with Gasteiger partial charge in [-0.1, -0.05) is 6.07 Å². The van der Waals surface area contributed by atoms with Gasteiger partial charge < -0.3 is 25.0 Å². The highest BCUT2D eigenvalue weighted by atomic mass is 16.5. The zero-order valence-corrected chi connectivity index (χ0v) is 16.6. The lowest BCUT2D eigenvalue weighted by atomic mass is 9.91. The molecule has 1 aromatic carbocycles. The third kappa shape index (κ3) is 3.96. The Kier molecular flexibility index (Phi) is 5.62. The van der Waals surface area contributed by atoms with Crippen molar-refractivity contribution in [1.29, 1.82) is 0 Å². The molecule has 2 aliphatic heterocycles. The van der Waals surface area contributed by atoms with Gasteiger partial charge in [0.1, 0.15) is 12.1 Å². The molecule has 0 saturated carbocycles. The standard InChI is InChI=1S/C19H24N4O6/c1-19(12-5-6-13-14(9-12)29-8-4-7-28-13)17(26)23(18(27)21-19)11-16(25)22(3)10-15(24)20-2/h5-6,9H,4,7-8,10-11H2,1-3H3,(H,20,24)(H,21,27)/t19-/m0/s1. The van der Waals surface area contributed by atoms with Crippen LogP contribution in [0.3, 0.4) is 0 Å². The number of carbonyl (C=O) groups is 4. The lowest BCUT2D eigenvalue weighted by molar-refractivity contribution is -0.139. The molecular weight excluding hydrogens is 380 g/mol. The van der Waals surface area contributed by atoms with E-state index in [1.54, 1.807) is 25.1 Å². The molecule has 5 amide bonds. The Hall–Kier alpha value is -3.30. The Morgan fingerprint density at radius 1 is 1.24 bits per heavy atom. The Morgan fingerprint density at radius 3 is 2.62 bits per heavy atom. The van der Waals surface area contributed by atoms with Gasteiger partial charge >= 0.3 is 6.03 Å². The number of nitrogens with zero attached hydrogens (tertiary/aromatic N) is 2. The van der Waals surface area contributed by atoms with E-state index in [4.69, 9.17) is 9.47 Å². The molecule has 156 valence electrons. The summed E-state index contributed by atoms with van der Waals surface area (Å²) in [7, 11) is 2.89. The summed E-state index contributed by atoms with van der Waals surface area (Å²) in [6, 6.07) is 4.38. The van der Waals surface area contributed by atoms with Crippen molar-refractivity contribution < 1.29 is 28.7 Å². The van der Waals surface area contributed by atoms with Gasteiger partial charge in [0.25, 0.3) is 5.91 Å². The number of hydrogen-bond acceptors (Lipinski definition) is 6. The summed E-state index contributed by atoms with van der Waals surface area (Å²) in [5.41, 5.74) is -0.824. The number of likely N-dealkylation sites (N-methyl/N-ethyl adjacent to an activating group) is 2. The van der Waals surface area contributed by atoms with Gasteiger partial charge in [0.15, 0.2) is 11.5 Å². The molecule has 1 fully saturated rings. The van der Waals surface area contributed by atoms with Crippen LogP contribution in [0.15, 0.2) is 18.2 Å². The molecule has 2 N–H and O–H groups in total. The van der Waals surface area contributed by atoms with Gasteiger partial charge in [-0.05, 0) is 24.6 Å². The molecule has 2 heterocycles. The Morgan fingerprint density at radius 2 is 1.93 bits per heavy atom. The largest absolute Gasteiger partial charge is 0.490 e. The summed E-state index contributed by atoms with van der Waals surface area (Å²) >= 11 is 0. The molecule has 1 aromatic rings. The molecule has 0 radical (unpaired) electrons. The predicted octanol–water partition coefficient (Wildman–Crippen LogP) is -0.181. The van der Waals surface area contributed by atoms with E-state index in [1.165, 1.54) is 14.1 Å². The number of amides is 5. The summed E-state index contributed by atoms with van der Waals surface area (Å²) in [4.78, 5) is 51.3. The number of ether oxygens (including phenoxy) is 2. The van der Waals surface area contributed by atoms with Crippen LogP contribution >= 0.6 is 0 Å². The smallest absolute Gasteiger partial charge is 0.325 e. The lowest BCUT2D eigenvalue weighted by Crippen LogP contribution is -2.45. The van der Waals surface area contributed by atoms with Crippen LogP contribution in [0.4, 0.5) is 4.79 Å². The van der Waals surface area contributed by atoms with Crippen molar-refractivity contribution >= 4 is 23.8 Å². The molecule has 29 heavy (non-hydrogen) atoms. The highest BCUT2D eigenvalue weighted by Gasteiger charge is 2.50. The van der Waals surface area contributed by atoms with Crippen LogP contribution in [0.25, 0.3) is 0 Å². The second-order valence-corrected chi connectivity index (χ2v) is 7.08. The predicted molar refractivity (Wildman–Crippen MR) is 101 cm³/mol. The number of urea groups is 1. The zero-order chi connectivity index (χ0) is 21.2. The van der Waals surface area contributed by atoms with E-state index < -0.39 is 29.9 Å². The first-order valence-corrected chi connectivity index (χ1v) is 9.25. The number of rotatable bonds is 5. The zero-order valence-electron chi connectivity index (χ0n) is 16.6. The molecule has 0 aliphatic carbocycles. The molecule has 1 saturated heterocycles. The molecule has 1 atom stereocenters. The molecule has 0 spiro atoms. The summed E-state index contributed by atoms with van der Waals surface area (Å²) in [5.74, 6) is -0.355. The van der Waals surface area contributed by atoms with Crippen molar-refractivity contribution in [2.24, 2.45) is 0 Å². The average molecular weight is 404 g/mol. The number of nitrogens with one attached hydrogen (secondary N) is 2. The molecular formula is C19H24N4O6. The van der Waals surface area contributed by atoms with Crippen molar-refractivity contribution in [2.75, 3.05) is 40.4 Å². The summed E-state index contributed by atoms with van der Waals surface area (Å²) in [5, 5.41) is 5.07. The highest BCUT2D eigenvalue weighted by Crippen LogP contribution is 2.36. The molecule has 10 heteroatoms. The second kappa shape index (κ2) is 7.98. The fourth-order valence-corrected chi connectivity index (χ4v) is 3.15. The van der Waals surface area contributed by atoms with Crippen molar-refractivity contribution in [1.82, 2.24) is 20.4 Å². The number of imide groups is 1. The Balaban J connectivity index is 1.78. The SMILES string of the molecule is CNC(=O)CN(C)C(=O)CN1C(=O)N[C@@](C)(c2ccc3c(c2)OCCCO3)C1=O. The number of fused-ring (bicyclic) bond motifs is 1. The molecule has 10 nitrogen and oxygen atoms in total. The first-order valence-electron chi connectivity index (χ1n) is 9.25. The topological polar surface area (TPSA) is 117 Å². The highest BCUT2D eigenvalue weighted by molar-refractivity contribution is 6.09. The normalized spacial score (nSPS) is 20.7. The van der Waals surface area contributed by atoms with Crippen molar-refractivity contribution in [3.63, 3.8) is 0 Å². The maximum Gasteiger partial charge on any atom is 0.325 e. The fraction of sp³-hybridized carbons (Fsp3) is 0.474. The minimum atomic E-state index is -1.35. The number of benzene rings is 1. The van der Waals surface area contributed by atoms with Crippen LogP contribution in [0, 0.1) is 0 Å². The minimum Gasteiger partial charge on any atom is -0.490 e. The summed E-state index contributed by atoms with van der Waals surface area (Å²) in [6.45, 7) is 1.98. The summed E-state index contributed by atoms with van der Waals surface area (Å²) < 4.78 is 11.3. The van der Waals surface area contributed by atoms with E-state index in [0.29, 0.717) is 30.3 Å². The van der Waals surface area contributed by atoms with E-state index in [-0.39, 0.29) is 12.5 Å². The van der Waals surface area contributed by atoms with Gasteiger partial charge in [-0.2, -0.15) is 0 Å². The third-order valence-electron chi connectivity index (χ3n) is 4.98. The maximum absolute atomic E-state index is 13.0. The van der Waals surface area contributed by atoms with Crippen LogP contribution in [-0.4, -0.2) is 74.0 Å². The van der Waals surface area contributed by atoms with Gasteiger partial charge in [-0.15, -0.1) is 0 Å². The quantitative estimate of drug-likeness (QED) is 0.658. The van der Waals surface area contributed by atoms with E-state index in [1.807, 2.05) is 0 Å². The van der Waals surface area contributed by atoms with Gasteiger partial charge in [0.2, 0.25) is 11.8 Å². The van der Waals surface area contributed by atoms with E-state index >= 15 is 0 Å². The van der Waals surface area contributed by atoms with Gasteiger partial charge in [-0.3, -0.25) is 19.3 Å². The van der Waals surface area contributed by atoms with Crippen LogP contribution < -0.4 is 20.1 Å². The van der Waals surface area contributed by atoms with E-state index in [2.05, 4.69) is 10.6 Å². The van der Waals surface area contributed by atoms with Crippen molar-refractivity contribution in [2.45, 2.75) is 18.9 Å². The average Bonchev–Trinajstić information content (AvgIpc) is 2.87. The van der Waals surface area contributed by atoms with Crippen LogP contribution in [0.2, 0.25) is 0 Å². The first-order chi connectivity index (χ1) is 13.8. The Bertz CT molecular complexity index is 857. The van der Waals surface area contributed by atoms with E-state index in [0.717, 1.165) is 16.2 Å². The van der Waals surface area contributed by atoms with Crippen LogP contribution in [-0.2, 0) is 19.9 Å². The molecule has 2 aliphatic rings. The minimum absolute atomic E-state index is 0.168. The molecule has 0 unspecified atom stereocenters. The van der Waals surface area contributed by atoms with Gasteiger partial charge in [0.05, 0.1) is 19.8 Å². The Labute approximate surface area is 168 Å². The van der Waals surface area contributed by atoms with Crippen LogP contribution in [0.5, 0.6) is 11.5 Å². The third-order valence-corrected chi connectivity index (χ3v) is 4.98. The van der Waals surface area contributed by atoms with Gasteiger partial charge in [-0.25, -0.2) is 4.79 Å². The van der Waals surface area contributed by atoms with Crippen molar-refractivity contribution in [3.8, 4) is 11.5 Å². The van der Waals surface area contributed by atoms with Crippen molar-refractivity contribution in [3.05, 3.63) is 23.8 Å². The summed E-state index contributed by atoms with van der Waals surface area (Å²) in [6.07, 6.45) is 0.746. The molecule has 0 bridgehead atoms. The molecule has 3 rings (SSSR count). The number of carbonyl (C=O) groups excluding carboxylic acids is 4. The molecule has 0 aromatic heterocycles. The van der Waals surface area contributed by atoms with E-state index in [9.17, 15) is 19.2 Å². The lowest BCUT2D eigenvalue weighted by Gasteiger charge is -2.24. The number of hydrogen-bond donors (Lipinski definition) is 2. The maximum atomic E-state index is 13.0. The van der Waals surface area contributed by atoms with Gasteiger partial charge in [0, 0.05) is 20.5 Å². The first kappa shape index (κ1) is 20.4. The van der Waals surface area contributed by atoms with Crippen LogP contribution in [0.1, 0.15) is 18.9 Å². The second-order valence-electron chi connectivity index (χ2n) is 7.08. The fourth-order valence-electron chi connectivity index (χ4n) is 3.15. The monoisotopic (exact) mass is 404 g/mol.